The van der Waals surface area contributed by atoms with Gasteiger partial charge in [0.1, 0.15) is 17.3 Å². The molecule has 1 aliphatic rings. The number of rotatable bonds is 5. The summed E-state index contributed by atoms with van der Waals surface area (Å²) in [6.45, 7) is 0. The zero-order chi connectivity index (χ0) is 23.8. The van der Waals surface area contributed by atoms with Crippen LogP contribution in [0.5, 0.6) is 11.5 Å². The Bertz CT molecular complexity index is 1430. The number of ether oxygens (including phenoxy) is 2. The minimum Gasteiger partial charge on any atom is -0.507 e. The van der Waals surface area contributed by atoms with Gasteiger partial charge in [0, 0.05) is 5.56 Å². The maximum absolute atomic E-state index is 13.3. The summed E-state index contributed by atoms with van der Waals surface area (Å²) in [6, 6.07) is 20.3. The highest BCUT2D eigenvalue weighted by Gasteiger charge is 2.48. The number of amides is 1. The first kappa shape index (κ1) is 21.7. The fraction of sp³-hybridized carbons (Fsp3) is 0.115. The Hall–Kier alpha value is -4.17. The smallest absolute Gasteiger partial charge is 0.301 e. The Morgan fingerprint density at radius 3 is 2.29 bits per heavy atom. The predicted octanol–water partition coefficient (Wildman–Crippen LogP) is 4.94. The first-order valence-electron chi connectivity index (χ1n) is 10.5. The first-order valence-corrected chi connectivity index (χ1v) is 11.3. The van der Waals surface area contributed by atoms with Crippen molar-refractivity contribution in [1.82, 2.24) is 4.98 Å². The summed E-state index contributed by atoms with van der Waals surface area (Å²) in [7, 11) is 3.14. The van der Waals surface area contributed by atoms with E-state index in [2.05, 4.69) is 4.98 Å². The minimum atomic E-state index is -0.853. The molecule has 0 saturated carbocycles. The number of aliphatic hydroxyl groups is 1. The highest BCUT2D eigenvalue weighted by molar-refractivity contribution is 7.22. The summed E-state index contributed by atoms with van der Waals surface area (Å²) in [5.74, 6) is -0.440. The van der Waals surface area contributed by atoms with Crippen molar-refractivity contribution in [3.05, 3.63) is 89.5 Å². The van der Waals surface area contributed by atoms with Gasteiger partial charge in [-0.1, -0.05) is 53.8 Å². The topological polar surface area (TPSA) is 89.0 Å². The minimum absolute atomic E-state index is 0.0122. The van der Waals surface area contributed by atoms with Gasteiger partial charge in [-0.25, -0.2) is 4.98 Å². The molecule has 1 saturated heterocycles. The van der Waals surface area contributed by atoms with E-state index in [0.717, 1.165) is 4.70 Å². The first-order chi connectivity index (χ1) is 16.5. The van der Waals surface area contributed by atoms with Crippen LogP contribution in [0.1, 0.15) is 17.2 Å². The number of carbonyl (C=O) groups is 2. The maximum Gasteiger partial charge on any atom is 0.301 e. The summed E-state index contributed by atoms with van der Waals surface area (Å²) < 4.78 is 11.4. The van der Waals surface area contributed by atoms with E-state index in [1.54, 1.807) is 74.9 Å². The van der Waals surface area contributed by atoms with Crippen LogP contribution in [-0.4, -0.2) is 36.0 Å². The average Bonchev–Trinajstić information content (AvgIpc) is 3.41. The van der Waals surface area contributed by atoms with Crippen LogP contribution in [-0.2, 0) is 9.59 Å². The number of nitrogens with zero attached hydrogens (tertiary/aromatic N) is 2. The van der Waals surface area contributed by atoms with Crippen LogP contribution in [0, 0.1) is 0 Å². The number of aromatic nitrogens is 1. The number of anilines is 1. The number of hydrogen-bond donors (Lipinski definition) is 1. The van der Waals surface area contributed by atoms with E-state index in [9.17, 15) is 14.7 Å². The van der Waals surface area contributed by atoms with E-state index in [1.165, 1.54) is 16.2 Å². The molecule has 4 aromatic rings. The number of ketones is 1. The SMILES string of the molecule is COc1ccc([C@@H]2C(=C(O)c3ccccc3)C(=O)C(=O)N2c2nc3ccc(OC)cc3s2)cc1. The lowest BCUT2D eigenvalue weighted by molar-refractivity contribution is -0.132. The third-order valence-corrected chi connectivity index (χ3v) is 6.73. The highest BCUT2D eigenvalue weighted by Crippen LogP contribution is 2.44. The quantitative estimate of drug-likeness (QED) is 0.251. The van der Waals surface area contributed by atoms with Crippen molar-refractivity contribution in [2.45, 2.75) is 6.04 Å². The standard InChI is InChI=1S/C26H20N2O5S/c1-32-17-10-8-15(9-11-17)22-21(23(29)16-6-4-3-5-7-16)24(30)25(31)28(22)26-27-19-13-12-18(33-2)14-20(19)34-26/h3-14,22,29H,1-2H3/t22-/m1/s1. The number of carbonyl (C=O) groups excluding carboxylic acids is 2. The van der Waals surface area contributed by atoms with Crippen LogP contribution >= 0.6 is 11.3 Å². The largest absolute Gasteiger partial charge is 0.507 e. The van der Waals surface area contributed by atoms with Crippen LogP contribution in [0.15, 0.2) is 78.4 Å². The molecule has 2 heterocycles. The van der Waals surface area contributed by atoms with Gasteiger partial charge < -0.3 is 14.6 Å². The van der Waals surface area contributed by atoms with Crippen molar-refractivity contribution < 1.29 is 24.2 Å². The Kier molecular flexibility index (Phi) is 5.51. The number of thiazole rings is 1. The van der Waals surface area contributed by atoms with Crippen molar-refractivity contribution in [3.63, 3.8) is 0 Å². The maximum atomic E-state index is 13.3. The fourth-order valence-electron chi connectivity index (χ4n) is 4.01. The Morgan fingerprint density at radius 2 is 1.62 bits per heavy atom. The second-order valence-electron chi connectivity index (χ2n) is 7.64. The zero-order valence-corrected chi connectivity index (χ0v) is 19.2. The molecular formula is C26H20N2O5S. The lowest BCUT2D eigenvalue weighted by Gasteiger charge is -2.23. The molecule has 5 rings (SSSR count). The van der Waals surface area contributed by atoms with Crippen molar-refractivity contribution in [2.24, 2.45) is 0 Å². The molecule has 0 bridgehead atoms. The summed E-state index contributed by atoms with van der Waals surface area (Å²) in [6.07, 6.45) is 0. The van der Waals surface area contributed by atoms with Crippen LogP contribution in [0.2, 0.25) is 0 Å². The molecule has 1 fully saturated rings. The van der Waals surface area contributed by atoms with E-state index >= 15 is 0 Å². The average molecular weight is 473 g/mol. The Balaban J connectivity index is 1.71. The number of aliphatic hydroxyl groups excluding tert-OH is 1. The van der Waals surface area contributed by atoms with Crippen LogP contribution in [0.25, 0.3) is 16.0 Å². The number of fused-ring (bicyclic) bond motifs is 1. The van der Waals surface area contributed by atoms with Gasteiger partial charge >= 0.3 is 5.91 Å². The third-order valence-electron chi connectivity index (χ3n) is 5.71. The molecule has 0 aliphatic carbocycles. The number of methoxy groups -OCH3 is 2. The molecule has 8 heteroatoms. The molecule has 34 heavy (non-hydrogen) atoms. The zero-order valence-electron chi connectivity index (χ0n) is 18.4. The molecule has 0 unspecified atom stereocenters. The Morgan fingerprint density at radius 1 is 0.941 bits per heavy atom. The molecule has 3 aromatic carbocycles. The van der Waals surface area contributed by atoms with Crippen LogP contribution < -0.4 is 14.4 Å². The van der Waals surface area contributed by atoms with E-state index in [0.29, 0.717) is 33.3 Å². The predicted molar refractivity (Wildman–Crippen MR) is 130 cm³/mol. The molecule has 1 amide bonds. The molecule has 1 N–H and O–H groups in total. The summed E-state index contributed by atoms with van der Waals surface area (Å²) in [5.41, 5.74) is 1.79. The van der Waals surface area contributed by atoms with Gasteiger partial charge in [-0.3, -0.25) is 14.5 Å². The summed E-state index contributed by atoms with van der Waals surface area (Å²) in [4.78, 5) is 32.5. The molecule has 1 aliphatic heterocycles. The number of Topliss-reactive ketones (excluding diaryl/α,β-unsaturated/α-hetero) is 1. The second-order valence-corrected chi connectivity index (χ2v) is 8.65. The van der Waals surface area contributed by atoms with E-state index < -0.39 is 17.7 Å². The normalized spacial score (nSPS) is 17.4. The van der Waals surface area contributed by atoms with Crippen molar-refractivity contribution >= 4 is 44.1 Å². The number of hydrogen-bond acceptors (Lipinski definition) is 7. The van der Waals surface area contributed by atoms with E-state index in [1.807, 2.05) is 12.1 Å². The second kappa shape index (κ2) is 8.64. The van der Waals surface area contributed by atoms with Gasteiger partial charge in [0.2, 0.25) is 0 Å². The molecular weight excluding hydrogens is 452 g/mol. The van der Waals surface area contributed by atoms with E-state index in [4.69, 9.17) is 9.47 Å². The van der Waals surface area contributed by atoms with Crippen molar-refractivity contribution in [3.8, 4) is 11.5 Å². The Labute approximate surface area is 199 Å². The van der Waals surface area contributed by atoms with Gasteiger partial charge in [0.05, 0.1) is 36.1 Å². The van der Waals surface area contributed by atoms with Gasteiger partial charge in [0.15, 0.2) is 5.13 Å². The molecule has 170 valence electrons. The molecule has 7 nitrogen and oxygen atoms in total. The lowest BCUT2D eigenvalue weighted by atomic mass is 9.95. The van der Waals surface area contributed by atoms with Gasteiger partial charge in [-0.2, -0.15) is 0 Å². The molecule has 1 aromatic heterocycles. The molecule has 0 spiro atoms. The fourth-order valence-corrected chi connectivity index (χ4v) is 5.03. The van der Waals surface area contributed by atoms with Crippen LogP contribution in [0.3, 0.4) is 0 Å². The van der Waals surface area contributed by atoms with Gasteiger partial charge in [0.25, 0.3) is 5.78 Å². The van der Waals surface area contributed by atoms with Gasteiger partial charge in [-0.05, 0) is 35.9 Å². The molecule has 1 atom stereocenters. The number of benzene rings is 3. The van der Waals surface area contributed by atoms with Crippen molar-refractivity contribution in [2.75, 3.05) is 19.1 Å². The molecule has 0 radical (unpaired) electrons. The van der Waals surface area contributed by atoms with Crippen molar-refractivity contribution in [1.29, 1.82) is 0 Å². The van der Waals surface area contributed by atoms with E-state index in [-0.39, 0.29) is 11.3 Å². The third kappa shape index (κ3) is 3.58. The van der Waals surface area contributed by atoms with Crippen LogP contribution in [0.4, 0.5) is 5.13 Å². The van der Waals surface area contributed by atoms with Gasteiger partial charge in [-0.15, -0.1) is 0 Å². The monoisotopic (exact) mass is 472 g/mol. The summed E-state index contributed by atoms with van der Waals surface area (Å²) in [5, 5.41) is 11.5. The lowest BCUT2D eigenvalue weighted by Crippen LogP contribution is -2.29. The highest BCUT2D eigenvalue weighted by atomic mass is 32.1. The summed E-state index contributed by atoms with van der Waals surface area (Å²) >= 11 is 1.28.